The molecule has 66 valence electrons. The third-order valence-corrected chi connectivity index (χ3v) is 2.92. The van der Waals surface area contributed by atoms with E-state index in [0.29, 0.717) is 0 Å². The summed E-state index contributed by atoms with van der Waals surface area (Å²) in [6, 6.07) is 0. The van der Waals surface area contributed by atoms with Crippen LogP contribution in [0.2, 0.25) is 0 Å². The Hall–Kier alpha value is 1.10. The Morgan fingerprint density at radius 1 is 1.00 bits per heavy atom. The maximum atomic E-state index is 9.53. The van der Waals surface area contributed by atoms with Crippen molar-refractivity contribution in [1.29, 1.82) is 0 Å². The van der Waals surface area contributed by atoms with Crippen molar-refractivity contribution in [3.8, 4) is 0 Å². The molecule has 0 aliphatic rings. The zero-order valence-corrected chi connectivity index (χ0v) is 9.80. The Balaban J connectivity index is -0.000000107. The molecule has 0 aromatic rings. The molecule has 0 spiro atoms. The van der Waals surface area contributed by atoms with E-state index >= 15 is 0 Å². The van der Waals surface area contributed by atoms with Crippen LogP contribution in [0.25, 0.3) is 0 Å². The molecule has 0 heterocycles. The van der Waals surface area contributed by atoms with Gasteiger partial charge in [0.15, 0.2) is 0 Å². The molecule has 11 heteroatoms. The molecular formula is H5Cr2NaO8. The molecule has 0 aromatic carbocycles. The topological polar surface area (TPSA) is 149 Å². The third-order valence-electron chi connectivity index (χ3n) is 0.172. The molecule has 4 N–H and O–H groups in total. The third kappa shape index (κ3) is 18.2. The van der Waals surface area contributed by atoms with E-state index in [1.165, 1.54) is 0 Å². The van der Waals surface area contributed by atoms with Gasteiger partial charge in [-0.05, 0) is 0 Å². The van der Waals surface area contributed by atoms with Crippen LogP contribution < -0.4 is 29.6 Å². The van der Waals surface area contributed by atoms with E-state index in [4.69, 9.17) is 8.32 Å². The fraction of sp³-hybridized carbons (Fsp3) is 0. The van der Waals surface area contributed by atoms with Crippen molar-refractivity contribution >= 4 is 0 Å². The van der Waals surface area contributed by atoms with E-state index in [-0.39, 0.29) is 36.5 Å². The van der Waals surface area contributed by atoms with Crippen LogP contribution in [0.4, 0.5) is 0 Å². The molecule has 0 aliphatic carbocycles. The average molecular weight is 260 g/mol. The normalized spacial score (nSPS) is 11.1. The van der Waals surface area contributed by atoms with Crippen LogP contribution in [0.15, 0.2) is 0 Å². The second-order valence-electron chi connectivity index (χ2n) is 0.924. The quantitative estimate of drug-likeness (QED) is 0.470. The van der Waals surface area contributed by atoms with Crippen LogP contribution >= 0.6 is 0 Å². The Labute approximate surface area is 89.4 Å². The van der Waals surface area contributed by atoms with Crippen LogP contribution in [-0.4, -0.2) is 13.8 Å². The van der Waals surface area contributed by atoms with Gasteiger partial charge < -0.3 is 6.90 Å². The molecule has 0 saturated carbocycles. The van der Waals surface area contributed by atoms with Gasteiger partial charge in [0.05, 0.1) is 0 Å². The van der Waals surface area contributed by atoms with Gasteiger partial charge in [0, 0.05) is 0 Å². The van der Waals surface area contributed by atoms with Gasteiger partial charge in [-0.15, -0.1) is 0 Å². The van der Waals surface area contributed by atoms with Gasteiger partial charge in [-0.2, -0.15) is 0 Å². The van der Waals surface area contributed by atoms with Crippen molar-refractivity contribution in [2.24, 2.45) is 0 Å². The van der Waals surface area contributed by atoms with Gasteiger partial charge in [-0.25, -0.2) is 0 Å². The van der Waals surface area contributed by atoms with E-state index in [1.54, 1.807) is 0 Å². The molecule has 0 aromatic heterocycles. The van der Waals surface area contributed by atoms with Crippen LogP contribution in [0, 0.1) is 0 Å². The van der Waals surface area contributed by atoms with Gasteiger partial charge >= 0.3 is 83.2 Å². The molecule has 8 nitrogen and oxygen atoms in total. The predicted molar refractivity (Wildman–Crippen MR) is 13.0 cm³/mol. The fourth-order valence-electron chi connectivity index (χ4n) is 0.109. The molecule has 0 unspecified atom stereocenters. The van der Waals surface area contributed by atoms with E-state index in [1.807, 2.05) is 0 Å². The van der Waals surface area contributed by atoms with Crippen molar-refractivity contribution in [1.82, 2.24) is 0 Å². The SMILES string of the molecule is O.[H-].[Na+].[O]=[Cr](=[O])([OH])[O][Cr](=[O])(=[O])[OH]. The second kappa shape index (κ2) is 5.70. The van der Waals surface area contributed by atoms with Crippen molar-refractivity contribution < 1.29 is 90.1 Å². The average Bonchev–Trinajstić information content (AvgIpc) is 1.14. The summed E-state index contributed by atoms with van der Waals surface area (Å²) in [5.41, 5.74) is 0. The summed E-state index contributed by atoms with van der Waals surface area (Å²) in [7, 11) is 0. The van der Waals surface area contributed by atoms with E-state index in [0.717, 1.165) is 0 Å². The minimum absolute atomic E-state index is 0. The molecule has 0 radical (unpaired) electrons. The van der Waals surface area contributed by atoms with Crippen LogP contribution in [0.1, 0.15) is 1.43 Å². The zero-order valence-electron chi connectivity index (χ0n) is 6.25. The van der Waals surface area contributed by atoms with Gasteiger partial charge in [0.2, 0.25) is 0 Å². The van der Waals surface area contributed by atoms with Gasteiger partial charge in [-0.1, -0.05) is 0 Å². The summed E-state index contributed by atoms with van der Waals surface area (Å²) in [4.78, 5) is 0. The van der Waals surface area contributed by atoms with E-state index in [2.05, 4.69) is 2.84 Å². The van der Waals surface area contributed by atoms with Gasteiger partial charge in [0.25, 0.3) is 0 Å². The monoisotopic (exact) mass is 260 g/mol. The first-order valence-corrected chi connectivity index (χ1v) is 5.63. The molecule has 0 rings (SSSR count). The first kappa shape index (κ1) is 18.0. The van der Waals surface area contributed by atoms with Gasteiger partial charge in [-0.3, -0.25) is 0 Å². The van der Waals surface area contributed by atoms with Crippen molar-refractivity contribution in [3.05, 3.63) is 0 Å². The summed E-state index contributed by atoms with van der Waals surface area (Å²) < 4.78 is 56.3. The molecule has 0 aliphatic heterocycles. The van der Waals surface area contributed by atoms with Crippen molar-refractivity contribution in [2.75, 3.05) is 0 Å². The standard InChI is InChI=1S/2Cr.Na.3H2O.5O.H/h;;;3*1H2;;;;;;/q3*+1;;;;;;;;;-1/p-2. The van der Waals surface area contributed by atoms with Crippen LogP contribution in [0.5, 0.6) is 0 Å². The second-order valence-corrected chi connectivity index (χ2v) is 4.68. The first-order chi connectivity index (χ1) is 3.71. The molecule has 0 amide bonds. The fourth-order valence-corrected chi connectivity index (χ4v) is 1.85. The van der Waals surface area contributed by atoms with Gasteiger partial charge in [0.1, 0.15) is 0 Å². The Morgan fingerprint density at radius 3 is 1.18 bits per heavy atom. The van der Waals surface area contributed by atoms with E-state index in [9.17, 15) is 15.2 Å². The summed E-state index contributed by atoms with van der Waals surface area (Å²) >= 11 is -11.5. The van der Waals surface area contributed by atoms with Crippen molar-refractivity contribution in [3.63, 3.8) is 0 Å². The number of hydrogen-bond acceptors (Lipinski definition) is 5. The Morgan fingerprint density at radius 2 is 1.18 bits per heavy atom. The first-order valence-electron chi connectivity index (χ1n) is 1.37. The number of rotatable bonds is 2. The molecule has 0 fully saturated rings. The molecular weight excluding hydrogens is 255 g/mol. The minimum atomic E-state index is -5.76. The predicted octanol–water partition coefficient (Wildman–Crippen LogP) is -5.37. The molecule has 0 saturated heterocycles. The molecule has 11 heavy (non-hydrogen) atoms. The summed E-state index contributed by atoms with van der Waals surface area (Å²) in [6.45, 7) is 0. The maximum absolute atomic E-state index is 9.53. The molecule has 0 bridgehead atoms. The van der Waals surface area contributed by atoms with Crippen molar-refractivity contribution in [2.45, 2.75) is 0 Å². The zero-order chi connectivity index (χ0) is 7.71. The van der Waals surface area contributed by atoms with E-state index < -0.39 is 27.2 Å². The van der Waals surface area contributed by atoms with Crippen LogP contribution in [-0.2, 0) is 45.3 Å². The van der Waals surface area contributed by atoms with Crippen LogP contribution in [0.3, 0.4) is 0 Å². The Bertz CT molecular complexity index is 242. The Kier molecular flexibility index (Phi) is 9.33. The summed E-state index contributed by atoms with van der Waals surface area (Å²) in [5.74, 6) is 0. The number of hydrogen-bond donors (Lipinski definition) is 2. The molecule has 0 atom stereocenters. The summed E-state index contributed by atoms with van der Waals surface area (Å²) in [6.07, 6.45) is 0. The summed E-state index contributed by atoms with van der Waals surface area (Å²) in [5, 5.41) is 0.